The van der Waals surface area contributed by atoms with E-state index in [4.69, 9.17) is 10.00 Å². The van der Waals surface area contributed by atoms with Crippen LogP contribution in [0.3, 0.4) is 0 Å². The van der Waals surface area contributed by atoms with E-state index in [2.05, 4.69) is 11.0 Å². The number of rotatable bonds is 4. The van der Waals surface area contributed by atoms with Crippen LogP contribution in [0.15, 0.2) is 24.3 Å². The van der Waals surface area contributed by atoms with Crippen LogP contribution in [0.4, 0.5) is 0 Å². The largest absolute Gasteiger partial charge is 0.480 e. The first kappa shape index (κ1) is 16.8. The summed E-state index contributed by atoms with van der Waals surface area (Å²) in [5.41, 5.74) is 0.464. The molecule has 2 heterocycles. The normalized spacial score (nSPS) is 22.8. The van der Waals surface area contributed by atoms with Crippen molar-refractivity contribution in [3.63, 3.8) is 0 Å². The predicted octanol–water partition coefficient (Wildman–Crippen LogP) is 2.41. The van der Waals surface area contributed by atoms with E-state index in [1.807, 2.05) is 11.0 Å². The summed E-state index contributed by atoms with van der Waals surface area (Å²) in [7, 11) is 0. The van der Waals surface area contributed by atoms with Crippen LogP contribution in [0.2, 0.25) is 0 Å². The molecule has 0 spiro atoms. The first-order valence-electron chi connectivity index (χ1n) is 8.87. The molecule has 0 aromatic heterocycles. The SMILES string of the molecule is C[C@@H](Oc1ccccc1C#N)C(=O)N1CCC[C@@H](N2CCCC2)C1. The molecule has 1 aromatic carbocycles. The van der Waals surface area contributed by atoms with Crippen LogP contribution in [0.5, 0.6) is 5.75 Å². The first-order valence-corrected chi connectivity index (χ1v) is 8.87. The average Bonchev–Trinajstić information content (AvgIpc) is 3.16. The third-order valence-corrected chi connectivity index (χ3v) is 5.02. The van der Waals surface area contributed by atoms with Gasteiger partial charge in [0, 0.05) is 19.1 Å². The fourth-order valence-corrected chi connectivity index (χ4v) is 3.72. The zero-order valence-corrected chi connectivity index (χ0v) is 14.3. The Kier molecular flexibility index (Phi) is 5.37. The van der Waals surface area contributed by atoms with E-state index < -0.39 is 6.10 Å². The number of carbonyl (C=O) groups is 1. The molecule has 1 amide bonds. The second-order valence-electron chi connectivity index (χ2n) is 6.69. The molecule has 3 rings (SSSR count). The maximum absolute atomic E-state index is 12.8. The van der Waals surface area contributed by atoms with Gasteiger partial charge in [-0.05, 0) is 57.8 Å². The second kappa shape index (κ2) is 7.67. The minimum atomic E-state index is -0.572. The van der Waals surface area contributed by atoms with Crippen molar-refractivity contribution in [2.75, 3.05) is 26.2 Å². The number of benzene rings is 1. The van der Waals surface area contributed by atoms with Crippen LogP contribution in [0, 0.1) is 11.3 Å². The number of likely N-dealkylation sites (tertiary alicyclic amines) is 2. The van der Waals surface area contributed by atoms with Crippen molar-refractivity contribution in [2.45, 2.75) is 44.8 Å². The molecule has 0 aliphatic carbocycles. The number of hydrogen-bond acceptors (Lipinski definition) is 4. The number of hydrogen-bond donors (Lipinski definition) is 0. The van der Waals surface area contributed by atoms with Crippen molar-refractivity contribution < 1.29 is 9.53 Å². The Balaban J connectivity index is 1.61. The summed E-state index contributed by atoms with van der Waals surface area (Å²) in [6.07, 6.45) is 4.20. The average molecular weight is 327 g/mol. The summed E-state index contributed by atoms with van der Waals surface area (Å²) >= 11 is 0. The van der Waals surface area contributed by atoms with Gasteiger partial charge in [-0.1, -0.05) is 12.1 Å². The molecule has 0 saturated carbocycles. The van der Waals surface area contributed by atoms with Gasteiger partial charge in [0.25, 0.3) is 5.91 Å². The Morgan fingerprint density at radius 1 is 1.25 bits per heavy atom. The molecule has 1 aromatic rings. The molecule has 2 saturated heterocycles. The van der Waals surface area contributed by atoms with Gasteiger partial charge in [-0.25, -0.2) is 0 Å². The highest BCUT2D eigenvalue weighted by atomic mass is 16.5. The lowest BCUT2D eigenvalue weighted by Gasteiger charge is -2.38. The lowest BCUT2D eigenvalue weighted by Crippen LogP contribution is -2.51. The summed E-state index contributed by atoms with van der Waals surface area (Å²) in [6, 6.07) is 9.66. The number of ether oxygens (including phenoxy) is 1. The third-order valence-electron chi connectivity index (χ3n) is 5.02. The van der Waals surface area contributed by atoms with Crippen LogP contribution in [-0.4, -0.2) is 54.0 Å². The number of amides is 1. The minimum Gasteiger partial charge on any atom is -0.480 e. The summed E-state index contributed by atoms with van der Waals surface area (Å²) in [5, 5.41) is 9.14. The van der Waals surface area contributed by atoms with Crippen molar-refractivity contribution in [2.24, 2.45) is 0 Å². The van der Waals surface area contributed by atoms with E-state index in [1.54, 1.807) is 25.1 Å². The monoisotopic (exact) mass is 327 g/mol. The molecule has 2 aliphatic heterocycles. The molecule has 0 unspecified atom stereocenters. The lowest BCUT2D eigenvalue weighted by atomic mass is 10.0. The van der Waals surface area contributed by atoms with E-state index in [1.165, 1.54) is 19.3 Å². The van der Waals surface area contributed by atoms with E-state index in [-0.39, 0.29) is 5.91 Å². The highest BCUT2D eigenvalue weighted by Gasteiger charge is 2.31. The molecule has 24 heavy (non-hydrogen) atoms. The highest BCUT2D eigenvalue weighted by molar-refractivity contribution is 5.81. The van der Waals surface area contributed by atoms with Gasteiger partial charge in [-0.2, -0.15) is 5.26 Å². The fraction of sp³-hybridized carbons (Fsp3) is 0.579. The minimum absolute atomic E-state index is 0.0200. The summed E-state index contributed by atoms with van der Waals surface area (Å²) < 4.78 is 5.78. The van der Waals surface area contributed by atoms with E-state index in [0.717, 1.165) is 32.6 Å². The fourth-order valence-electron chi connectivity index (χ4n) is 3.72. The van der Waals surface area contributed by atoms with E-state index in [9.17, 15) is 4.79 Å². The van der Waals surface area contributed by atoms with Crippen LogP contribution >= 0.6 is 0 Å². The molecular formula is C19H25N3O2. The molecule has 0 bridgehead atoms. The summed E-state index contributed by atoms with van der Waals surface area (Å²) in [4.78, 5) is 17.2. The summed E-state index contributed by atoms with van der Waals surface area (Å²) in [6.45, 7) is 5.70. The summed E-state index contributed by atoms with van der Waals surface area (Å²) in [5.74, 6) is 0.501. The maximum Gasteiger partial charge on any atom is 0.263 e. The zero-order chi connectivity index (χ0) is 16.9. The Labute approximate surface area is 143 Å². The van der Waals surface area contributed by atoms with Crippen molar-refractivity contribution in [3.8, 4) is 11.8 Å². The van der Waals surface area contributed by atoms with Gasteiger partial charge in [0.1, 0.15) is 11.8 Å². The van der Waals surface area contributed by atoms with E-state index in [0.29, 0.717) is 17.4 Å². The van der Waals surface area contributed by atoms with Crippen LogP contribution < -0.4 is 4.74 Å². The topological polar surface area (TPSA) is 56.6 Å². The van der Waals surface area contributed by atoms with Crippen LogP contribution in [0.25, 0.3) is 0 Å². The van der Waals surface area contributed by atoms with Crippen molar-refractivity contribution in [1.29, 1.82) is 5.26 Å². The Bertz CT molecular complexity index is 619. The predicted molar refractivity (Wildman–Crippen MR) is 91.7 cm³/mol. The lowest BCUT2D eigenvalue weighted by molar-refractivity contribution is -0.140. The zero-order valence-electron chi connectivity index (χ0n) is 14.3. The third kappa shape index (κ3) is 3.70. The van der Waals surface area contributed by atoms with E-state index >= 15 is 0 Å². The smallest absolute Gasteiger partial charge is 0.263 e. The van der Waals surface area contributed by atoms with Crippen molar-refractivity contribution >= 4 is 5.91 Å². The molecule has 0 N–H and O–H groups in total. The van der Waals surface area contributed by atoms with Gasteiger partial charge >= 0.3 is 0 Å². The number of para-hydroxylation sites is 1. The van der Waals surface area contributed by atoms with Gasteiger partial charge in [0.05, 0.1) is 5.56 Å². The molecule has 5 nitrogen and oxygen atoms in total. The molecular weight excluding hydrogens is 302 g/mol. The molecule has 5 heteroatoms. The molecule has 2 fully saturated rings. The Hall–Kier alpha value is -2.06. The van der Waals surface area contributed by atoms with Gasteiger partial charge in [0.2, 0.25) is 0 Å². The maximum atomic E-state index is 12.8. The molecule has 128 valence electrons. The van der Waals surface area contributed by atoms with Gasteiger partial charge in [0.15, 0.2) is 6.10 Å². The molecule has 2 aliphatic rings. The number of nitriles is 1. The number of carbonyl (C=O) groups excluding carboxylic acids is 1. The Morgan fingerprint density at radius 3 is 2.75 bits per heavy atom. The Morgan fingerprint density at radius 2 is 2.00 bits per heavy atom. The highest BCUT2D eigenvalue weighted by Crippen LogP contribution is 2.22. The standard InChI is InChI=1S/C19H25N3O2/c1-15(24-18-9-3-2-7-16(18)13-20)19(23)22-12-6-8-17(14-22)21-10-4-5-11-21/h2-3,7,9,15,17H,4-6,8,10-12,14H2,1H3/t15-,17-/m1/s1. The van der Waals surface area contributed by atoms with Gasteiger partial charge in [-0.15, -0.1) is 0 Å². The number of nitrogens with zero attached hydrogens (tertiary/aromatic N) is 3. The van der Waals surface area contributed by atoms with Gasteiger partial charge in [-0.3, -0.25) is 9.69 Å². The quantitative estimate of drug-likeness (QED) is 0.852. The number of piperidine rings is 1. The van der Waals surface area contributed by atoms with Crippen molar-refractivity contribution in [1.82, 2.24) is 9.80 Å². The van der Waals surface area contributed by atoms with Crippen LogP contribution in [0.1, 0.15) is 38.2 Å². The molecule has 0 radical (unpaired) electrons. The van der Waals surface area contributed by atoms with Crippen molar-refractivity contribution in [3.05, 3.63) is 29.8 Å². The van der Waals surface area contributed by atoms with Crippen LogP contribution in [-0.2, 0) is 4.79 Å². The molecule has 2 atom stereocenters. The van der Waals surface area contributed by atoms with Gasteiger partial charge < -0.3 is 9.64 Å². The second-order valence-corrected chi connectivity index (χ2v) is 6.69. The first-order chi connectivity index (χ1) is 11.7.